The first kappa shape index (κ1) is 29.7. The number of alkyl halides is 3. The Bertz CT molecular complexity index is 1160. The third kappa shape index (κ3) is 8.85. The standard InChI is InChI=1S/C27H32F3N5O4/c1-2-14-34(22-8-3-19(17-31)4-9-22)15-13-32-26(36)18-39-23-10-5-20(6-11-23)33-21-7-12-25(35(37)38)24(16-21)27(28,29)30/h3-4,7-9,12,16,20,23,33H,2,5-6,10-11,13-15,18H2,1H3,(H,32,36). The summed E-state index contributed by atoms with van der Waals surface area (Å²) in [6.45, 7) is 3.85. The van der Waals surface area contributed by atoms with Crippen LogP contribution in [-0.4, -0.2) is 49.2 Å². The van der Waals surface area contributed by atoms with Crippen molar-refractivity contribution in [2.75, 3.05) is 36.5 Å². The molecule has 0 saturated heterocycles. The predicted molar refractivity (Wildman–Crippen MR) is 140 cm³/mol. The van der Waals surface area contributed by atoms with Gasteiger partial charge in [-0.05, 0) is 68.5 Å². The lowest BCUT2D eigenvalue weighted by atomic mass is 9.92. The second-order valence-corrected chi connectivity index (χ2v) is 9.41. The summed E-state index contributed by atoms with van der Waals surface area (Å²) in [5.74, 6) is -0.225. The smallest absolute Gasteiger partial charge is 0.382 e. The van der Waals surface area contributed by atoms with Gasteiger partial charge in [0.05, 0.1) is 22.7 Å². The van der Waals surface area contributed by atoms with Crippen molar-refractivity contribution in [2.24, 2.45) is 0 Å². The molecule has 0 atom stereocenters. The lowest BCUT2D eigenvalue weighted by molar-refractivity contribution is -0.388. The molecule has 1 aliphatic rings. The molecule has 0 aliphatic heterocycles. The van der Waals surface area contributed by atoms with Crippen LogP contribution < -0.4 is 15.5 Å². The fourth-order valence-corrected chi connectivity index (χ4v) is 4.58. The van der Waals surface area contributed by atoms with Gasteiger partial charge in [-0.25, -0.2) is 0 Å². The summed E-state index contributed by atoms with van der Waals surface area (Å²) >= 11 is 0. The van der Waals surface area contributed by atoms with Gasteiger partial charge < -0.3 is 20.3 Å². The highest BCUT2D eigenvalue weighted by Crippen LogP contribution is 2.38. The average Bonchev–Trinajstić information content (AvgIpc) is 2.91. The number of halogens is 3. The summed E-state index contributed by atoms with van der Waals surface area (Å²) in [5.41, 5.74) is -0.511. The largest absolute Gasteiger partial charge is 0.423 e. The van der Waals surface area contributed by atoms with Crippen molar-refractivity contribution in [1.29, 1.82) is 5.26 Å². The molecule has 2 aromatic carbocycles. The van der Waals surface area contributed by atoms with Crippen molar-refractivity contribution in [3.63, 3.8) is 0 Å². The van der Waals surface area contributed by atoms with Gasteiger partial charge in [-0.2, -0.15) is 18.4 Å². The van der Waals surface area contributed by atoms with Gasteiger partial charge in [-0.3, -0.25) is 14.9 Å². The van der Waals surface area contributed by atoms with Crippen LogP contribution in [-0.2, 0) is 15.7 Å². The third-order valence-electron chi connectivity index (χ3n) is 6.55. The molecule has 0 spiro atoms. The van der Waals surface area contributed by atoms with Gasteiger partial charge in [-0.1, -0.05) is 6.92 Å². The van der Waals surface area contributed by atoms with Crippen LogP contribution in [0.25, 0.3) is 0 Å². The van der Waals surface area contributed by atoms with Gasteiger partial charge in [0, 0.05) is 43.1 Å². The molecule has 12 heteroatoms. The van der Waals surface area contributed by atoms with E-state index < -0.39 is 22.4 Å². The fourth-order valence-electron chi connectivity index (χ4n) is 4.58. The minimum absolute atomic E-state index is 0.0787. The van der Waals surface area contributed by atoms with E-state index in [0.29, 0.717) is 44.3 Å². The summed E-state index contributed by atoms with van der Waals surface area (Å²) in [6.07, 6.45) is -1.51. The SMILES string of the molecule is CCCN(CCNC(=O)COC1CCC(Nc2ccc([N+](=O)[O-])c(C(F)(F)F)c2)CC1)c1ccc(C#N)cc1. The maximum Gasteiger partial charge on any atom is 0.423 e. The highest BCUT2D eigenvalue weighted by molar-refractivity contribution is 5.77. The number of nitriles is 1. The number of hydrogen-bond donors (Lipinski definition) is 2. The van der Waals surface area contributed by atoms with Crippen LogP contribution in [0.4, 0.5) is 30.2 Å². The number of anilines is 2. The monoisotopic (exact) mass is 547 g/mol. The highest BCUT2D eigenvalue weighted by atomic mass is 19.4. The molecule has 1 aliphatic carbocycles. The molecule has 2 N–H and O–H groups in total. The van der Waals surface area contributed by atoms with Crippen LogP contribution in [0.5, 0.6) is 0 Å². The Balaban J connectivity index is 1.39. The number of nitro benzene ring substituents is 1. The number of nitrogens with one attached hydrogen (secondary N) is 2. The fraction of sp³-hybridized carbons (Fsp3) is 0.481. The number of carbonyl (C=O) groups excluding carboxylic acids is 1. The second-order valence-electron chi connectivity index (χ2n) is 9.41. The summed E-state index contributed by atoms with van der Waals surface area (Å²) in [4.78, 5) is 24.3. The molecule has 1 saturated carbocycles. The van der Waals surface area contributed by atoms with Crippen molar-refractivity contribution in [1.82, 2.24) is 5.32 Å². The van der Waals surface area contributed by atoms with Gasteiger partial charge in [0.25, 0.3) is 5.69 Å². The van der Waals surface area contributed by atoms with Crippen LogP contribution in [0, 0.1) is 21.4 Å². The zero-order valence-corrected chi connectivity index (χ0v) is 21.7. The summed E-state index contributed by atoms with van der Waals surface area (Å²) in [5, 5.41) is 25.8. The first-order valence-corrected chi connectivity index (χ1v) is 12.9. The number of carbonyl (C=O) groups is 1. The van der Waals surface area contributed by atoms with E-state index in [4.69, 9.17) is 10.00 Å². The van der Waals surface area contributed by atoms with E-state index in [9.17, 15) is 28.1 Å². The molecule has 0 unspecified atom stereocenters. The van der Waals surface area contributed by atoms with Gasteiger partial charge in [0.15, 0.2) is 0 Å². The Hall–Kier alpha value is -3.85. The van der Waals surface area contributed by atoms with E-state index in [1.54, 1.807) is 12.1 Å². The summed E-state index contributed by atoms with van der Waals surface area (Å²) < 4.78 is 45.4. The van der Waals surface area contributed by atoms with Gasteiger partial charge in [-0.15, -0.1) is 0 Å². The van der Waals surface area contributed by atoms with Crippen LogP contribution in [0.3, 0.4) is 0 Å². The lowest BCUT2D eigenvalue weighted by Crippen LogP contribution is -2.38. The molecule has 0 aromatic heterocycles. The predicted octanol–water partition coefficient (Wildman–Crippen LogP) is 5.26. The first-order chi connectivity index (χ1) is 18.6. The van der Waals surface area contributed by atoms with Crippen molar-refractivity contribution in [3.05, 3.63) is 63.7 Å². The van der Waals surface area contributed by atoms with Crippen molar-refractivity contribution >= 4 is 23.0 Å². The number of ether oxygens (including phenoxy) is 1. The third-order valence-corrected chi connectivity index (χ3v) is 6.55. The Kier molecular flexibility index (Phi) is 10.5. The molecule has 9 nitrogen and oxygen atoms in total. The topological polar surface area (TPSA) is 121 Å². The van der Waals surface area contributed by atoms with Crippen molar-refractivity contribution in [2.45, 2.75) is 57.3 Å². The van der Waals surface area contributed by atoms with E-state index in [1.807, 2.05) is 12.1 Å². The molecular formula is C27H32F3N5O4. The van der Waals surface area contributed by atoms with E-state index in [-0.39, 0.29) is 30.3 Å². The van der Waals surface area contributed by atoms with E-state index >= 15 is 0 Å². The number of amides is 1. The van der Waals surface area contributed by atoms with Gasteiger partial charge in [0.1, 0.15) is 12.2 Å². The molecule has 0 bridgehead atoms. The molecule has 0 heterocycles. The Morgan fingerprint density at radius 1 is 1.15 bits per heavy atom. The molecule has 1 amide bonds. The Morgan fingerprint density at radius 3 is 2.44 bits per heavy atom. The highest BCUT2D eigenvalue weighted by Gasteiger charge is 2.38. The van der Waals surface area contributed by atoms with Gasteiger partial charge in [0.2, 0.25) is 5.91 Å². The van der Waals surface area contributed by atoms with E-state index in [0.717, 1.165) is 30.8 Å². The normalized spacial score (nSPS) is 17.2. The van der Waals surface area contributed by atoms with Crippen molar-refractivity contribution in [3.8, 4) is 6.07 Å². The maximum absolute atomic E-state index is 13.2. The molecular weight excluding hydrogens is 515 g/mol. The molecule has 3 rings (SSSR count). The molecule has 39 heavy (non-hydrogen) atoms. The Morgan fingerprint density at radius 2 is 1.85 bits per heavy atom. The maximum atomic E-state index is 13.2. The molecule has 1 fully saturated rings. The average molecular weight is 548 g/mol. The Labute approximate surface area is 225 Å². The van der Waals surface area contributed by atoms with Crippen LogP contribution in [0.15, 0.2) is 42.5 Å². The first-order valence-electron chi connectivity index (χ1n) is 12.9. The van der Waals surface area contributed by atoms with Gasteiger partial charge >= 0.3 is 6.18 Å². The summed E-state index contributed by atoms with van der Waals surface area (Å²) in [7, 11) is 0. The van der Waals surface area contributed by atoms with Crippen LogP contribution in [0.1, 0.15) is 50.2 Å². The molecule has 2 aromatic rings. The van der Waals surface area contributed by atoms with E-state index in [2.05, 4.69) is 28.5 Å². The molecule has 0 radical (unpaired) electrons. The van der Waals surface area contributed by atoms with Crippen molar-refractivity contribution < 1.29 is 27.6 Å². The number of benzene rings is 2. The van der Waals surface area contributed by atoms with Crippen LogP contribution in [0.2, 0.25) is 0 Å². The minimum atomic E-state index is -4.83. The summed E-state index contributed by atoms with van der Waals surface area (Å²) in [6, 6.07) is 12.2. The zero-order chi connectivity index (χ0) is 28.4. The number of nitrogens with zero attached hydrogens (tertiary/aromatic N) is 3. The molecule has 210 valence electrons. The lowest BCUT2D eigenvalue weighted by Gasteiger charge is -2.30. The quantitative estimate of drug-likeness (QED) is 0.275. The number of hydrogen-bond acceptors (Lipinski definition) is 7. The van der Waals surface area contributed by atoms with Crippen LogP contribution >= 0.6 is 0 Å². The number of rotatable bonds is 12. The second kappa shape index (κ2) is 13.8. The minimum Gasteiger partial charge on any atom is -0.382 e. The zero-order valence-electron chi connectivity index (χ0n) is 21.7. The number of nitro groups is 1. The van der Waals surface area contributed by atoms with E-state index in [1.165, 1.54) is 6.07 Å².